The van der Waals surface area contributed by atoms with Crippen LogP contribution in [0.5, 0.6) is 6.01 Å². The fourth-order valence-electron chi connectivity index (χ4n) is 2.73. The third-order valence-corrected chi connectivity index (χ3v) is 5.79. The van der Waals surface area contributed by atoms with Gasteiger partial charge in [-0.15, -0.1) is 0 Å². The van der Waals surface area contributed by atoms with E-state index in [1.165, 1.54) is 25.1 Å². The van der Waals surface area contributed by atoms with Crippen LogP contribution in [-0.4, -0.2) is 41.9 Å². The third kappa shape index (κ3) is 8.96. The van der Waals surface area contributed by atoms with E-state index in [2.05, 4.69) is 35.0 Å². The van der Waals surface area contributed by atoms with E-state index >= 15 is 0 Å². The summed E-state index contributed by atoms with van der Waals surface area (Å²) in [7, 11) is -3.46. The third-order valence-electron chi connectivity index (χ3n) is 4.48. The van der Waals surface area contributed by atoms with Crippen molar-refractivity contribution in [2.45, 2.75) is 25.8 Å². The van der Waals surface area contributed by atoms with Crippen molar-refractivity contribution in [3.05, 3.63) is 59.7 Å². The topological polar surface area (TPSA) is 118 Å². The van der Waals surface area contributed by atoms with Gasteiger partial charge in [-0.05, 0) is 42.8 Å². The number of anilines is 4. The van der Waals surface area contributed by atoms with Gasteiger partial charge in [0.25, 0.3) is 0 Å². The molecular weight excluding hydrogens is 530 g/mol. The highest BCUT2D eigenvalue weighted by molar-refractivity contribution is 7.92. The van der Waals surface area contributed by atoms with Gasteiger partial charge in [0, 0.05) is 17.9 Å². The molecule has 3 aromatic rings. The molecule has 0 aliphatic carbocycles. The molecule has 0 unspecified atom stereocenters. The average molecular weight is 550 g/mol. The SMILES string of the molecule is CCS(=O)(=O)Nc1ccc(CNc2nc(Nc3cccc(C(F)(F)F)c3)nc(OCC(F)(F)F)n2)cc1. The quantitative estimate of drug-likeness (QED) is 0.304. The predicted octanol–water partition coefficient (Wildman–Crippen LogP) is 4.95. The van der Waals surface area contributed by atoms with E-state index in [0.717, 1.165) is 18.2 Å². The van der Waals surface area contributed by atoms with Crippen LogP contribution in [0, 0.1) is 0 Å². The zero-order valence-corrected chi connectivity index (χ0v) is 19.8. The zero-order chi connectivity index (χ0) is 27.3. The molecule has 0 amide bonds. The van der Waals surface area contributed by atoms with E-state index in [4.69, 9.17) is 0 Å². The normalized spacial score (nSPS) is 12.2. The first kappa shape index (κ1) is 27.8. The number of benzene rings is 2. The molecule has 0 aliphatic heterocycles. The minimum absolute atomic E-state index is 0.0620. The van der Waals surface area contributed by atoms with E-state index < -0.39 is 40.6 Å². The fraction of sp³-hybridized carbons (Fsp3) is 0.286. The van der Waals surface area contributed by atoms with Gasteiger partial charge in [-0.25, -0.2) is 8.42 Å². The molecule has 3 N–H and O–H groups in total. The Kier molecular flexibility index (Phi) is 8.30. The van der Waals surface area contributed by atoms with Crippen molar-refractivity contribution in [3.8, 4) is 6.01 Å². The van der Waals surface area contributed by atoms with Crippen molar-refractivity contribution in [2.75, 3.05) is 27.7 Å². The summed E-state index contributed by atoms with van der Waals surface area (Å²) in [5.74, 6) is -0.693. The van der Waals surface area contributed by atoms with Crippen molar-refractivity contribution in [3.63, 3.8) is 0 Å². The molecule has 0 radical (unpaired) electrons. The molecule has 3 rings (SSSR count). The van der Waals surface area contributed by atoms with Gasteiger partial charge < -0.3 is 15.4 Å². The van der Waals surface area contributed by atoms with Crippen LogP contribution in [0.25, 0.3) is 0 Å². The Bertz CT molecular complexity index is 1320. The van der Waals surface area contributed by atoms with Gasteiger partial charge in [-0.1, -0.05) is 18.2 Å². The fourth-order valence-corrected chi connectivity index (χ4v) is 3.37. The van der Waals surface area contributed by atoms with Crippen LogP contribution < -0.4 is 20.1 Å². The maximum Gasteiger partial charge on any atom is 0.422 e. The van der Waals surface area contributed by atoms with Crippen LogP contribution >= 0.6 is 0 Å². The van der Waals surface area contributed by atoms with Crippen LogP contribution in [0.15, 0.2) is 48.5 Å². The van der Waals surface area contributed by atoms with E-state index in [1.54, 1.807) is 12.1 Å². The number of hydrogen-bond acceptors (Lipinski definition) is 8. The summed E-state index contributed by atoms with van der Waals surface area (Å²) in [4.78, 5) is 11.4. The molecule has 16 heteroatoms. The largest absolute Gasteiger partial charge is 0.454 e. The first-order valence-corrected chi connectivity index (χ1v) is 12.1. The Balaban J connectivity index is 1.79. The highest BCUT2D eigenvalue weighted by atomic mass is 32.2. The first-order valence-electron chi connectivity index (χ1n) is 10.5. The molecule has 1 heterocycles. The Morgan fingerprint density at radius 2 is 1.57 bits per heavy atom. The number of ether oxygens (including phenoxy) is 1. The summed E-state index contributed by atoms with van der Waals surface area (Å²) < 4.78 is 107. The molecule has 0 fully saturated rings. The number of sulfonamides is 1. The second kappa shape index (κ2) is 11.1. The summed E-state index contributed by atoms with van der Waals surface area (Å²) in [6.07, 6.45) is -9.30. The van der Waals surface area contributed by atoms with Crippen LogP contribution in [0.1, 0.15) is 18.1 Å². The summed E-state index contributed by atoms with van der Waals surface area (Å²) >= 11 is 0. The van der Waals surface area contributed by atoms with Crippen molar-refractivity contribution in [1.82, 2.24) is 15.0 Å². The van der Waals surface area contributed by atoms with E-state index in [0.29, 0.717) is 11.3 Å². The van der Waals surface area contributed by atoms with Crippen molar-refractivity contribution in [1.29, 1.82) is 0 Å². The van der Waals surface area contributed by atoms with Gasteiger partial charge in [-0.2, -0.15) is 41.3 Å². The molecule has 200 valence electrons. The number of nitrogens with one attached hydrogen (secondary N) is 3. The molecule has 9 nitrogen and oxygen atoms in total. The molecule has 0 bridgehead atoms. The molecule has 0 saturated heterocycles. The van der Waals surface area contributed by atoms with Gasteiger partial charge in [0.15, 0.2) is 6.61 Å². The van der Waals surface area contributed by atoms with Crippen LogP contribution in [0.4, 0.5) is 49.6 Å². The minimum atomic E-state index is -4.68. The monoisotopic (exact) mass is 550 g/mol. The number of hydrogen-bond donors (Lipinski definition) is 3. The average Bonchev–Trinajstić information content (AvgIpc) is 2.81. The zero-order valence-electron chi connectivity index (χ0n) is 19.0. The first-order chi connectivity index (χ1) is 17.2. The predicted molar refractivity (Wildman–Crippen MR) is 123 cm³/mol. The summed E-state index contributed by atoms with van der Waals surface area (Å²) in [6, 6.07) is 9.53. The lowest BCUT2D eigenvalue weighted by Gasteiger charge is -2.13. The van der Waals surface area contributed by atoms with Crippen molar-refractivity contribution >= 4 is 33.3 Å². The second-order valence-corrected chi connectivity index (χ2v) is 9.44. The molecule has 1 aromatic heterocycles. The number of alkyl halides is 6. The Labute approximate surface area is 207 Å². The Morgan fingerprint density at radius 3 is 2.19 bits per heavy atom. The summed E-state index contributed by atoms with van der Waals surface area (Å²) in [5, 5.41) is 5.26. The van der Waals surface area contributed by atoms with Crippen LogP contribution in [0.2, 0.25) is 0 Å². The van der Waals surface area contributed by atoms with E-state index in [-0.39, 0.29) is 29.9 Å². The highest BCUT2D eigenvalue weighted by Crippen LogP contribution is 2.31. The van der Waals surface area contributed by atoms with Gasteiger partial charge >= 0.3 is 18.4 Å². The molecule has 0 saturated carbocycles. The molecule has 2 aromatic carbocycles. The van der Waals surface area contributed by atoms with Gasteiger partial charge in [0.1, 0.15) is 0 Å². The lowest BCUT2D eigenvalue weighted by Crippen LogP contribution is -2.21. The van der Waals surface area contributed by atoms with Crippen LogP contribution in [0.3, 0.4) is 0 Å². The van der Waals surface area contributed by atoms with Crippen molar-refractivity contribution < 1.29 is 39.5 Å². The molecule has 0 spiro atoms. The molecule has 37 heavy (non-hydrogen) atoms. The standard InChI is InChI=1S/C21H20F6N6O3S/c1-2-37(34,35)33-15-8-6-13(7-9-15)11-28-17-30-18(32-19(31-17)36-12-20(22,23)24)29-16-5-3-4-14(10-16)21(25,26)27/h3-10,33H,2,11-12H2,1H3,(H2,28,29,30,31,32). The Hall–Kier alpha value is -3.82. The number of nitrogens with zero attached hydrogens (tertiary/aromatic N) is 3. The molecular formula is C21H20F6N6O3S. The van der Waals surface area contributed by atoms with Crippen LogP contribution in [-0.2, 0) is 22.7 Å². The molecule has 0 atom stereocenters. The van der Waals surface area contributed by atoms with Gasteiger partial charge in [-0.3, -0.25) is 4.72 Å². The Morgan fingerprint density at radius 1 is 0.892 bits per heavy atom. The summed E-state index contributed by atoms with van der Waals surface area (Å²) in [6.45, 7) is -0.153. The van der Waals surface area contributed by atoms with E-state index in [1.807, 2.05) is 0 Å². The number of aromatic nitrogens is 3. The van der Waals surface area contributed by atoms with E-state index in [9.17, 15) is 34.8 Å². The van der Waals surface area contributed by atoms with Crippen molar-refractivity contribution in [2.24, 2.45) is 0 Å². The smallest absolute Gasteiger partial charge is 0.422 e. The summed E-state index contributed by atoms with van der Waals surface area (Å²) in [5.41, 5.74) is -0.0619. The molecule has 0 aliphatic rings. The lowest BCUT2D eigenvalue weighted by molar-refractivity contribution is -0.154. The number of halogens is 6. The van der Waals surface area contributed by atoms with Gasteiger partial charge in [0.2, 0.25) is 21.9 Å². The second-order valence-electron chi connectivity index (χ2n) is 7.43. The maximum absolute atomic E-state index is 13.0. The maximum atomic E-state index is 13.0. The van der Waals surface area contributed by atoms with Gasteiger partial charge in [0.05, 0.1) is 11.3 Å². The highest BCUT2D eigenvalue weighted by Gasteiger charge is 2.31. The number of rotatable bonds is 10. The lowest BCUT2D eigenvalue weighted by atomic mass is 10.2. The minimum Gasteiger partial charge on any atom is -0.454 e.